The summed E-state index contributed by atoms with van der Waals surface area (Å²) in [7, 11) is 0. The second-order valence-electron chi connectivity index (χ2n) is 2.42. The minimum atomic E-state index is -0.766. The van der Waals surface area contributed by atoms with Gasteiger partial charge in [-0.2, -0.15) is 0 Å². The maximum absolute atomic E-state index is 12.5. The number of hydrogen-bond acceptors (Lipinski definition) is 1. The molecule has 0 spiro atoms. The molecule has 0 N–H and O–H groups in total. The Morgan fingerprint density at radius 1 is 1.06 bits per heavy atom. The summed E-state index contributed by atoms with van der Waals surface area (Å²) in [5, 5.41) is -0.766. The van der Waals surface area contributed by atoms with E-state index in [1.165, 1.54) is 18.2 Å². The van der Waals surface area contributed by atoms with Gasteiger partial charge in [0.15, 0.2) is 0 Å². The van der Waals surface area contributed by atoms with Crippen LogP contribution in [0.2, 0.25) is 0 Å². The molecule has 0 heterocycles. The van der Waals surface area contributed by atoms with E-state index in [4.69, 9.17) is 58.0 Å². The van der Waals surface area contributed by atoms with Gasteiger partial charge in [0.05, 0.1) is 5.56 Å². The van der Waals surface area contributed by atoms with E-state index in [9.17, 15) is 9.18 Å². The van der Waals surface area contributed by atoms with Crippen LogP contribution in [0.1, 0.15) is 10.4 Å². The highest BCUT2D eigenvalue weighted by atomic mass is 35.5. The van der Waals surface area contributed by atoms with Crippen LogP contribution in [-0.4, -0.2) is 14.9 Å². The van der Waals surface area contributed by atoms with Crippen molar-refractivity contribution in [3.05, 3.63) is 35.6 Å². The molecule has 7 heteroatoms. The first kappa shape index (κ1) is 16.3. The van der Waals surface area contributed by atoms with Crippen LogP contribution in [0.25, 0.3) is 0 Å². The van der Waals surface area contributed by atoms with Crippen molar-refractivity contribution in [2.75, 3.05) is 0 Å². The molecule has 0 unspecified atom stereocenters. The van der Waals surface area contributed by atoms with Gasteiger partial charge in [0.2, 0.25) is 0 Å². The van der Waals surface area contributed by atoms with Gasteiger partial charge in [0.25, 0.3) is 5.24 Å². The summed E-state index contributed by atoms with van der Waals surface area (Å²) in [6.45, 7) is 0. The van der Waals surface area contributed by atoms with Crippen LogP contribution in [0.5, 0.6) is 0 Å². The Hall–Kier alpha value is 0.270. The fourth-order valence-corrected chi connectivity index (χ4v) is 0.774. The summed E-state index contributed by atoms with van der Waals surface area (Å²) in [5.41, 5.74) is -0.0795. The molecule has 0 atom stereocenters. The van der Waals surface area contributed by atoms with Gasteiger partial charge in [-0.3, -0.25) is 4.79 Å². The van der Waals surface area contributed by atoms with Crippen LogP contribution in [0, 0.1) is 5.82 Å². The van der Waals surface area contributed by atoms with Crippen LogP contribution in [0.3, 0.4) is 0 Å². The van der Waals surface area contributed by atoms with E-state index in [1.54, 1.807) is 6.07 Å². The third-order valence-electron chi connectivity index (χ3n) is 1.28. The summed E-state index contributed by atoms with van der Waals surface area (Å²) in [6.07, 6.45) is 0. The zero-order valence-electron chi connectivity index (χ0n) is 7.64. The summed E-state index contributed by atoms with van der Waals surface area (Å²) in [4.78, 5) is 9.05. The minimum absolute atomic E-state index is 0.0795. The summed E-state index contributed by atoms with van der Waals surface area (Å²) in [5.74, 6) is -0.581. The molecule has 0 saturated heterocycles. The maximum Gasteiger partial charge on any atom is 0.255 e. The van der Waals surface area contributed by atoms with Gasteiger partial charge < -0.3 is 0 Å². The van der Waals surface area contributed by atoms with Gasteiger partial charge in [-0.15, -0.1) is 46.4 Å². The Bertz CT molecular complexity index is 336. The molecule has 1 aromatic carbocycles. The Balaban J connectivity index is 0.000000325. The molecular weight excluding hydrogens is 320 g/mol. The number of halogens is 6. The Labute approximate surface area is 117 Å². The van der Waals surface area contributed by atoms with Gasteiger partial charge in [0, 0.05) is 0 Å². The average Bonchev–Trinajstić information content (AvgIpc) is 2.18. The van der Waals surface area contributed by atoms with Crippen molar-refractivity contribution in [2.45, 2.75) is 9.67 Å². The van der Waals surface area contributed by atoms with Crippen molar-refractivity contribution < 1.29 is 9.18 Å². The molecule has 0 fully saturated rings. The molecule has 0 amide bonds. The highest BCUT2D eigenvalue weighted by Gasteiger charge is 2.07. The first-order valence-corrected chi connectivity index (χ1v) is 5.99. The number of hydrogen-bond donors (Lipinski definition) is 0. The number of alkyl halides is 4. The van der Waals surface area contributed by atoms with Crippen molar-refractivity contribution in [3.63, 3.8) is 0 Å². The third-order valence-corrected chi connectivity index (χ3v) is 3.00. The molecule has 1 nitrogen and oxygen atoms in total. The molecule has 90 valence electrons. The second-order valence-corrected chi connectivity index (χ2v) is 5.09. The van der Waals surface area contributed by atoms with E-state index >= 15 is 0 Å². The standard InChI is InChI=1S/C7H4ClFO.C2H2Cl4/c8-7(10)5-3-1-2-4-6(5)9;3-1(4)2(5)6/h1-4H;1-2H. The lowest BCUT2D eigenvalue weighted by Gasteiger charge is -1.95. The van der Waals surface area contributed by atoms with Crippen molar-refractivity contribution >= 4 is 63.2 Å². The number of rotatable bonds is 2. The number of carbonyl (C=O) groups excluding carboxylic acids is 1. The predicted molar refractivity (Wildman–Crippen MR) is 67.6 cm³/mol. The third kappa shape index (κ3) is 6.77. The lowest BCUT2D eigenvalue weighted by atomic mass is 10.2. The van der Waals surface area contributed by atoms with E-state index in [1.807, 2.05) is 0 Å². The van der Waals surface area contributed by atoms with Crippen LogP contribution in [0.15, 0.2) is 24.3 Å². The average molecular weight is 326 g/mol. The van der Waals surface area contributed by atoms with Crippen molar-refractivity contribution in [1.29, 1.82) is 0 Å². The van der Waals surface area contributed by atoms with Crippen LogP contribution >= 0.6 is 58.0 Å². The number of carbonyl (C=O) groups is 1. The maximum atomic E-state index is 12.5. The highest BCUT2D eigenvalue weighted by molar-refractivity contribution is 6.67. The van der Waals surface area contributed by atoms with Crippen LogP contribution < -0.4 is 0 Å². The molecule has 0 aromatic heterocycles. The zero-order chi connectivity index (χ0) is 12.7. The molecule has 16 heavy (non-hydrogen) atoms. The van der Waals surface area contributed by atoms with E-state index in [0.29, 0.717) is 0 Å². The normalized spacial score (nSPS) is 10.0. The van der Waals surface area contributed by atoms with E-state index in [-0.39, 0.29) is 5.56 Å². The van der Waals surface area contributed by atoms with Gasteiger partial charge in [0.1, 0.15) is 15.5 Å². The first-order valence-electron chi connectivity index (χ1n) is 3.87. The quantitative estimate of drug-likeness (QED) is 0.564. The molecule has 0 aliphatic heterocycles. The molecule has 1 rings (SSSR count). The Morgan fingerprint density at radius 3 is 1.75 bits per heavy atom. The number of benzene rings is 1. The zero-order valence-corrected chi connectivity index (χ0v) is 11.4. The van der Waals surface area contributed by atoms with E-state index in [2.05, 4.69) is 0 Å². The molecule has 1 aromatic rings. The van der Waals surface area contributed by atoms with Gasteiger partial charge in [-0.1, -0.05) is 12.1 Å². The molecule has 0 radical (unpaired) electrons. The van der Waals surface area contributed by atoms with Gasteiger partial charge >= 0.3 is 0 Å². The molecular formula is C9H6Cl5FO. The predicted octanol–water partition coefficient (Wildman–Crippen LogP) is 4.80. The second kappa shape index (κ2) is 8.37. The molecule has 0 aliphatic carbocycles. The molecule has 0 saturated carbocycles. The topological polar surface area (TPSA) is 17.1 Å². The minimum Gasteiger partial charge on any atom is -0.275 e. The van der Waals surface area contributed by atoms with Crippen LogP contribution in [0.4, 0.5) is 4.39 Å². The lowest BCUT2D eigenvalue weighted by molar-refractivity contribution is 0.107. The van der Waals surface area contributed by atoms with Crippen molar-refractivity contribution in [3.8, 4) is 0 Å². The summed E-state index contributed by atoms with van der Waals surface area (Å²) >= 11 is 25.5. The summed E-state index contributed by atoms with van der Waals surface area (Å²) < 4.78 is 12.5. The van der Waals surface area contributed by atoms with Crippen molar-refractivity contribution in [1.82, 2.24) is 0 Å². The Morgan fingerprint density at radius 2 is 1.50 bits per heavy atom. The van der Waals surface area contributed by atoms with Crippen molar-refractivity contribution in [2.24, 2.45) is 0 Å². The first-order chi connectivity index (χ1) is 7.36. The fourth-order valence-electron chi connectivity index (χ4n) is 0.621. The summed E-state index contributed by atoms with van der Waals surface area (Å²) in [6, 6.07) is 5.58. The monoisotopic (exact) mass is 324 g/mol. The Kier molecular flexibility index (Phi) is 8.52. The van der Waals surface area contributed by atoms with Gasteiger partial charge in [-0.25, -0.2) is 4.39 Å². The molecule has 0 bridgehead atoms. The largest absolute Gasteiger partial charge is 0.275 e. The molecule has 0 aliphatic rings. The van der Waals surface area contributed by atoms with Gasteiger partial charge in [-0.05, 0) is 23.7 Å². The smallest absolute Gasteiger partial charge is 0.255 e. The van der Waals surface area contributed by atoms with E-state index in [0.717, 1.165) is 0 Å². The SMILES string of the molecule is ClC(Cl)C(Cl)Cl.O=C(Cl)c1ccccc1F. The highest BCUT2D eigenvalue weighted by Crippen LogP contribution is 2.16. The lowest BCUT2D eigenvalue weighted by Crippen LogP contribution is -1.96. The van der Waals surface area contributed by atoms with Crippen LogP contribution in [-0.2, 0) is 0 Å². The fraction of sp³-hybridized carbons (Fsp3) is 0.222. The van der Waals surface area contributed by atoms with E-state index < -0.39 is 20.7 Å².